The number of aryl methyl sites for hydroxylation is 1. The van der Waals surface area contributed by atoms with Gasteiger partial charge in [-0.3, -0.25) is 4.79 Å². The molecule has 1 atom stereocenters. The Morgan fingerprint density at radius 2 is 2.03 bits per heavy atom. The van der Waals surface area contributed by atoms with Gasteiger partial charge in [-0.25, -0.2) is 4.79 Å². The van der Waals surface area contributed by atoms with Gasteiger partial charge in [0.05, 0.1) is 0 Å². The normalized spacial score (nSPS) is 17.4. The summed E-state index contributed by atoms with van der Waals surface area (Å²) in [5.41, 5.74) is 1.10. The maximum atomic E-state index is 12.4. The molecule has 1 aliphatic heterocycles. The molecule has 150 valence electrons. The van der Waals surface area contributed by atoms with E-state index in [1.165, 1.54) is 6.07 Å². The number of ether oxygens (including phenoxy) is 2. The lowest BCUT2D eigenvalue weighted by Gasteiger charge is -2.39. The molecule has 0 saturated carbocycles. The molecule has 0 amide bonds. The zero-order chi connectivity index (χ0) is 20.6. The number of esters is 1. The first-order valence-corrected chi connectivity index (χ1v) is 9.53. The zero-order valence-corrected chi connectivity index (χ0v) is 16.3. The van der Waals surface area contributed by atoms with Crippen molar-refractivity contribution in [2.75, 3.05) is 0 Å². The van der Waals surface area contributed by atoms with E-state index in [-0.39, 0.29) is 18.1 Å². The van der Waals surface area contributed by atoms with Crippen LogP contribution < -0.4 is 10.4 Å². The SMILES string of the molecule is CC1(C)Oc2cc3oc(=O)ccc3cc2C[C@@H]1OC(=O)CCc1cccc(O)c1. The molecule has 0 bridgehead atoms. The summed E-state index contributed by atoms with van der Waals surface area (Å²) in [6.45, 7) is 3.74. The van der Waals surface area contributed by atoms with Crippen LogP contribution in [0.1, 0.15) is 31.4 Å². The number of benzene rings is 2. The van der Waals surface area contributed by atoms with Crippen LogP contribution >= 0.6 is 0 Å². The number of phenolic OH excluding ortho intramolecular Hbond substituents is 1. The smallest absolute Gasteiger partial charge is 0.336 e. The van der Waals surface area contributed by atoms with Gasteiger partial charge in [-0.2, -0.15) is 0 Å². The predicted octanol–water partition coefficient (Wildman–Crippen LogP) is 3.76. The second kappa shape index (κ2) is 7.28. The van der Waals surface area contributed by atoms with E-state index in [4.69, 9.17) is 13.9 Å². The average molecular weight is 394 g/mol. The van der Waals surface area contributed by atoms with Crippen molar-refractivity contribution in [2.45, 2.75) is 44.8 Å². The minimum Gasteiger partial charge on any atom is -0.508 e. The van der Waals surface area contributed by atoms with E-state index >= 15 is 0 Å². The Kier molecular flexibility index (Phi) is 4.78. The minimum atomic E-state index is -0.726. The van der Waals surface area contributed by atoms with Gasteiger partial charge in [0.2, 0.25) is 0 Å². The number of aromatic hydroxyl groups is 1. The molecule has 4 rings (SSSR count). The van der Waals surface area contributed by atoms with Crippen molar-refractivity contribution in [3.8, 4) is 11.5 Å². The molecular weight excluding hydrogens is 372 g/mol. The van der Waals surface area contributed by atoms with Gasteiger partial charge in [0.1, 0.15) is 28.8 Å². The van der Waals surface area contributed by atoms with Gasteiger partial charge in [0.25, 0.3) is 0 Å². The van der Waals surface area contributed by atoms with Gasteiger partial charge in [-0.15, -0.1) is 0 Å². The molecule has 0 fully saturated rings. The van der Waals surface area contributed by atoms with E-state index in [1.54, 1.807) is 30.3 Å². The first-order valence-electron chi connectivity index (χ1n) is 9.53. The summed E-state index contributed by atoms with van der Waals surface area (Å²) in [6, 6.07) is 13.5. The van der Waals surface area contributed by atoms with Crippen LogP contribution in [0.3, 0.4) is 0 Å². The third-order valence-electron chi connectivity index (χ3n) is 5.16. The van der Waals surface area contributed by atoms with Crippen LogP contribution in [0.15, 0.2) is 57.7 Å². The van der Waals surface area contributed by atoms with Crippen molar-refractivity contribution in [1.82, 2.24) is 0 Å². The summed E-state index contributed by atoms with van der Waals surface area (Å²) < 4.78 is 17.1. The highest BCUT2D eigenvalue weighted by Crippen LogP contribution is 2.37. The summed E-state index contributed by atoms with van der Waals surface area (Å²) in [7, 11) is 0. The van der Waals surface area contributed by atoms with Crippen LogP contribution in [0.5, 0.6) is 11.5 Å². The second-order valence-electron chi connectivity index (χ2n) is 7.81. The molecule has 1 N–H and O–H groups in total. The van der Waals surface area contributed by atoms with Gasteiger partial charge in [0.15, 0.2) is 0 Å². The third kappa shape index (κ3) is 4.11. The summed E-state index contributed by atoms with van der Waals surface area (Å²) in [5, 5.41) is 10.3. The fraction of sp³-hybridized carbons (Fsp3) is 0.304. The molecule has 0 saturated heterocycles. The van der Waals surface area contributed by atoms with E-state index in [0.29, 0.717) is 24.2 Å². The van der Waals surface area contributed by atoms with E-state index in [1.807, 2.05) is 26.0 Å². The molecule has 2 aromatic carbocycles. The van der Waals surface area contributed by atoms with E-state index in [0.717, 1.165) is 16.5 Å². The first-order chi connectivity index (χ1) is 13.8. The molecule has 29 heavy (non-hydrogen) atoms. The van der Waals surface area contributed by atoms with Crippen molar-refractivity contribution in [3.05, 3.63) is 70.1 Å². The van der Waals surface area contributed by atoms with E-state index < -0.39 is 17.3 Å². The van der Waals surface area contributed by atoms with Crippen molar-refractivity contribution in [1.29, 1.82) is 0 Å². The Labute approximate surface area is 167 Å². The molecule has 0 spiro atoms. The number of hydrogen-bond donors (Lipinski definition) is 1. The van der Waals surface area contributed by atoms with E-state index in [2.05, 4.69) is 0 Å². The average Bonchev–Trinajstić information content (AvgIpc) is 2.65. The van der Waals surface area contributed by atoms with Crippen molar-refractivity contribution in [2.24, 2.45) is 0 Å². The van der Waals surface area contributed by atoms with Crippen LogP contribution in [0, 0.1) is 0 Å². The number of carbonyl (C=O) groups is 1. The zero-order valence-electron chi connectivity index (χ0n) is 16.3. The van der Waals surface area contributed by atoms with Crippen molar-refractivity contribution < 1.29 is 23.8 Å². The molecule has 6 heteroatoms. The molecule has 6 nitrogen and oxygen atoms in total. The van der Waals surface area contributed by atoms with Crippen LogP contribution in [0.2, 0.25) is 0 Å². The fourth-order valence-electron chi connectivity index (χ4n) is 3.55. The Bertz CT molecular complexity index is 1130. The van der Waals surface area contributed by atoms with Crippen LogP contribution in [-0.4, -0.2) is 22.8 Å². The van der Waals surface area contributed by atoms with Gasteiger partial charge in [-0.1, -0.05) is 12.1 Å². The summed E-state index contributed by atoms with van der Waals surface area (Å²) >= 11 is 0. The van der Waals surface area contributed by atoms with Gasteiger partial charge in [0, 0.05) is 30.4 Å². The lowest BCUT2D eigenvalue weighted by Crippen LogP contribution is -2.48. The molecule has 3 aromatic rings. The van der Waals surface area contributed by atoms with Crippen molar-refractivity contribution >= 4 is 16.9 Å². The molecule has 0 aliphatic carbocycles. The monoisotopic (exact) mass is 394 g/mol. The number of hydrogen-bond acceptors (Lipinski definition) is 6. The standard InChI is InChI=1S/C23H22O6/c1-23(2)20(28-22(26)8-6-14-4-3-5-17(24)10-14)12-16-11-15-7-9-21(25)27-18(15)13-19(16)29-23/h3-5,7,9-11,13,20,24H,6,8,12H2,1-2H3/t20-/m0/s1. The molecule has 2 heterocycles. The highest BCUT2D eigenvalue weighted by atomic mass is 16.6. The van der Waals surface area contributed by atoms with Crippen LogP contribution in [-0.2, 0) is 22.4 Å². The topological polar surface area (TPSA) is 86.0 Å². The molecule has 0 unspecified atom stereocenters. The van der Waals surface area contributed by atoms with Crippen molar-refractivity contribution in [3.63, 3.8) is 0 Å². The Morgan fingerprint density at radius 3 is 2.83 bits per heavy atom. The number of phenols is 1. The molecule has 0 radical (unpaired) electrons. The maximum Gasteiger partial charge on any atom is 0.336 e. The second-order valence-corrected chi connectivity index (χ2v) is 7.81. The number of carbonyl (C=O) groups excluding carboxylic acids is 1. The van der Waals surface area contributed by atoms with E-state index in [9.17, 15) is 14.7 Å². The van der Waals surface area contributed by atoms with Gasteiger partial charge < -0.3 is 19.0 Å². The largest absolute Gasteiger partial charge is 0.508 e. The fourth-order valence-corrected chi connectivity index (χ4v) is 3.55. The Morgan fingerprint density at radius 1 is 1.21 bits per heavy atom. The number of rotatable bonds is 4. The minimum absolute atomic E-state index is 0.178. The Balaban J connectivity index is 1.49. The highest BCUT2D eigenvalue weighted by molar-refractivity contribution is 5.79. The summed E-state index contributed by atoms with van der Waals surface area (Å²) in [4.78, 5) is 23.9. The van der Waals surface area contributed by atoms with Crippen LogP contribution in [0.25, 0.3) is 11.0 Å². The lowest BCUT2D eigenvalue weighted by molar-refractivity contribution is -0.161. The first kappa shape index (κ1) is 19.1. The van der Waals surface area contributed by atoms with Gasteiger partial charge in [-0.05, 0) is 55.7 Å². The Hall–Kier alpha value is -3.28. The molecule has 1 aromatic heterocycles. The molecular formula is C23H22O6. The van der Waals surface area contributed by atoms with Crippen LogP contribution in [0.4, 0.5) is 0 Å². The molecule has 1 aliphatic rings. The highest BCUT2D eigenvalue weighted by Gasteiger charge is 2.40. The third-order valence-corrected chi connectivity index (χ3v) is 5.16. The predicted molar refractivity (Wildman–Crippen MR) is 107 cm³/mol. The summed E-state index contributed by atoms with van der Waals surface area (Å²) in [5.74, 6) is 0.492. The number of fused-ring (bicyclic) bond motifs is 2. The quantitative estimate of drug-likeness (QED) is 0.536. The lowest BCUT2D eigenvalue weighted by atomic mass is 9.90. The van der Waals surface area contributed by atoms with Gasteiger partial charge >= 0.3 is 11.6 Å². The summed E-state index contributed by atoms with van der Waals surface area (Å²) in [6.07, 6.45) is 0.766. The maximum absolute atomic E-state index is 12.4.